The summed E-state index contributed by atoms with van der Waals surface area (Å²) in [6, 6.07) is 22.3. The molecule has 3 rings (SSSR count). The lowest BCUT2D eigenvalue weighted by atomic mass is 10.2. The number of hydrogen-bond acceptors (Lipinski definition) is 1. The van der Waals surface area contributed by atoms with Gasteiger partial charge in [-0.3, -0.25) is 4.99 Å². The molecule has 2 nitrogen and oxygen atoms in total. The summed E-state index contributed by atoms with van der Waals surface area (Å²) in [7, 11) is 0. The zero-order valence-corrected chi connectivity index (χ0v) is 12.9. The number of rotatable bonds is 4. The maximum atomic E-state index is 5.90. The van der Waals surface area contributed by atoms with Gasteiger partial charge in [0.05, 0.1) is 11.9 Å². The van der Waals surface area contributed by atoms with Crippen LogP contribution in [0.5, 0.6) is 0 Å². The van der Waals surface area contributed by atoms with Crippen LogP contribution in [0.15, 0.2) is 84.1 Å². The monoisotopic (exact) mass is 308 g/mol. The van der Waals surface area contributed by atoms with E-state index in [0.717, 1.165) is 16.9 Å². The van der Waals surface area contributed by atoms with Crippen molar-refractivity contribution in [3.63, 3.8) is 0 Å². The van der Waals surface area contributed by atoms with Gasteiger partial charge in [-0.15, -0.1) is 0 Å². The van der Waals surface area contributed by atoms with Crippen molar-refractivity contribution in [1.29, 1.82) is 0 Å². The summed E-state index contributed by atoms with van der Waals surface area (Å²) in [5.41, 5.74) is 2.45. The first kappa shape index (κ1) is 14.6. The SMILES string of the molecule is Clc1ccc(Cn2ccc(=NCc3ccccc3)cc2)cc1. The lowest BCUT2D eigenvalue weighted by Crippen LogP contribution is -2.06. The Labute approximate surface area is 135 Å². The van der Waals surface area contributed by atoms with Gasteiger partial charge in [0.1, 0.15) is 0 Å². The molecule has 0 saturated heterocycles. The Kier molecular flexibility index (Phi) is 4.71. The van der Waals surface area contributed by atoms with E-state index in [-0.39, 0.29) is 0 Å². The van der Waals surface area contributed by atoms with E-state index in [1.807, 2.05) is 54.6 Å². The first-order valence-corrected chi connectivity index (χ1v) is 7.62. The van der Waals surface area contributed by atoms with Crippen molar-refractivity contribution in [1.82, 2.24) is 4.57 Å². The molecule has 0 aliphatic carbocycles. The smallest absolute Gasteiger partial charge is 0.0646 e. The molecule has 3 heteroatoms. The second-order valence-corrected chi connectivity index (χ2v) is 5.59. The van der Waals surface area contributed by atoms with Crippen LogP contribution in [0, 0.1) is 0 Å². The van der Waals surface area contributed by atoms with Crippen molar-refractivity contribution in [2.24, 2.45) is 4.99 Å². The lowest BCUT2D eigenvalue weighted by Gasteiger charge is -2.06. The first-order valence-electron chi connectivity index (χ1n) is 7.24. The maximum absolute atomic E-state index is 5.90. The van der Waals surface area contributed by atoms with E-state index >= 15 is 0 Å². The van der Waals surface area contributed by atoms with Crippen LogP contribution < -0.4 is 5.36 Å². The number of aromatic nitrogens is 1. The molecule has 22 heavy (non-hydrogen) atoms. The van der Waals surface area contributed by atoms with Crippen LogP contribution in [0.4, 0.5) is 0 Å². The molecule has 0 spiro atoms. The molecular formula is C19H17ClN2. The van der Waals surface area contributed by atoms with Crippen molar-refractivity contribution in [3.8, 4) is 0 Å². The van der Waals surface area contributed by atoms with Crippen molar-refractivity contribution in [2.45, 2.75) is 13.1 Å². The molecule has 2 aromatic carbocycles. The van der Waals surface area contributed by atoms with Gasteiger partial charge >= 0.3 is 0 Å². The average Bonchev–Trinajstić information content (AvgIpc) is 2.57. The normalized spacial score (nSPS) is 10.4. The fourth-order valence-electron chi connectivity index (χ4n) is 2.23. The maximum Gasteiger partial charge on any atom is 0.0646 e. The molecule has 0 radical (unpaired) electrons. The standard InChI is InChI=1S/C19H17ClN2/c20-18-8-6-17(7-9-18)15-22-12-10-19(11-13-22)21-14-16-4-2-1-3-5-16/h1-13H,14-15H2. The van der Waals surface area contributed by atoms with Crippen molar-refractivity contribution >= 4 is 11.6 Å². The number of hydrogen-bond donors (Lipinski definition) is 0. The van der Waals surface area contributed by atoms with Gasteiger partial charge in [-0.1, -0.05) is 54.1 Å². The molecular weight excluding hydrogens is 292 g/mol. The fraction of sp³-hybridized carbons (Fsp3) is 0.105. The molecule has 0 N–H and O–H groups in total. The van der Waals surface area contributed by atoms with Gasteiger partial charge in [0.15, 0.2) is 0 Å². The van der Waals surface area contributed by atoms with E-state index < -0.39 is 0 Å². The highest BCUT2D eigenvalue weighted by Gasteiger charge is 1.94. The van der Waals surface area contributed by atoms with Crippen LogP contribution in [-0.2, 0) is 13.1 Å². The molecule has 0 aliphatic heterocycles. The lowest BCUT2D eigenvalue weighted by molar-refractivity contribution is 0.785. The molecule has 3 aromatic rings. The Bertz CT molecular complexity index is 769. The molecule has 0 bridgehead atoms. The summed E-state index contributed by atoms with van der Waals surface area (Å²) < 4.78 is 2.13. The molecule has 0 fully saturated rings. The Morgan fingerprint density at radius 3 is 2.14 bits per heavy atom. The molecule has 1 heterocycles. The second-order valence-electron chi connectivity index (χ2n) is 5.16. The highest BCUT2D eigenvalue weighted by Crippen LogP contribution is 2.10. The van der Waals surface area contributed by atoms with E-state index in [2.05, 4.69) is 34.1 Å². The zero-order chi connectivity index (χ0) is 15.2. The van der Waals surface area contributed by atoms with Gasteiger partial charge in [-0.25, -0.2) is 0 Å². The third-order valence-corrected chi connectivity index (χ3v) is 3.69. The minimum absolute atomic E-state index is 0.710. The Balaban J connectivity index is 1.68. The van der Waals surface area contributed by atoms with Gasteiger partial charge in [0, 0.05) is 24.0 Å². The predicted molar refractivity (Wildman–Crippen MR) is 90.7 cm³/mol. The van der Waals surface area contributed by atoms with Crippen molar-refractivity contribution in [2.75, 3.05) is 0 Å². The summed E-state index contributed by atoms with van der Waals surface area (Å²) in [6.45, 7) is 1.54. The van der Waals surface area contributed by atoms with Crippen LogP contribution in [0.3, 0.4) is 0 Å². The average molecular weight is 309 g/mol. The zero-order valence-electron chi connectivity index (χ0n) is 12.2. The number of halogens is 1. The first-order chi connectivity index (χ1) is 10.8. The van der Waals surface area contributed by atoms with Gasteiger partial charge < -0.3 is 4.57 Å². The molecule has 0 amide bonds. The highest BCUT2D eigenvalue weighted by molar-refractivity contribution is 6.30. The molecule has 1 aromatic heterocycles. The van der Waals surface area contributed by atoms with Crippen LogP contribution >= 0.6 is 11.6 Å². The second kappa shape index (κ2) is 7.10. The third kappa shape index (κ3) is 4.09. The minimum atomic E-state index is 0.710. The number of pyridine rings is 1. The van der Waals surface area contributed by atoms with E-state index in [9.17, 15) is 0 Å². The highest BCUT2D eigenvalue weighted by atomic mass is 35.5. The third-order valence-electron chi connectivity index (χ3n) is 3.44. The van der Waals surface area contributed by atoms with Crippen LogP contribution in [-0.4, -0.2) is 4.57 Å². The molecule has 110 valence electrons. The van der Waals surface area contributed by atoms with Crippen LogP contribution in [0.2, 0.25) is 5.02 Å². The summed E-state index contributed by atoms with van der Waals surface area (Å²) in [6.07, 6.45) is 4.11. The van der Waals surface area contributed by atoms with E-state index in [4.69, 9.17) is 11.6 Å². The van der Waals surface area contributed by atoms with E-state index in [0.29, 0.717) is 6.54 Å². The summed E-state index contributed by atoms with van der Waals surface area (Å²) in [5, 5.41) is 1.76. The van der Waals surface area contributed by atoms with Crippen LogP contribution in [0.25, 0.3) is 0 Å². The topological polar surface area (TPSA) is 17.3 Å². The quantitative estimate of drug-likeness (QED) is 0.684. The van der Waals surface area contributed by atoms with Crippen LogP contribution in [0.1, 0.15) is 11.1 Å². The summed E-state index contributed by atoms with van der Waals surface area (Å²) in [5.74, 6) is 0. The van der Waals surface area contributed by atoms with Crippen molar-refractivity contribution < 1.29 is 0 Å². The summed E-state index contributed by atoms with van der Waals surface area (Å²) in [4.78, 5) is 4.61. The fourth-order valence-corrected chi connectivity index (χ4v) is 2.35. The van der Waals surface area contributed by atoms with Gasteiger partial charge in [0.2, 0.25) is 0 Å². The number of nitrogens with zero attached hydrogens (tertiary/aromatic N) is 2. The predicted octanol–water partition coefficient (Wildman–Crippen LogP) is 4.29. The van der Waals surface area contributed by atoms with Gasteiger partial charge in [-0.05, 0) is 35.4 Å². The van der Waals surface area contributed by atoms with E-state index in [1.165, 1.54) is 11.1 Å². The molecule has 0 saturated carbocycles. The molecule has 0 aliphatic rings. The van der Waals surface area contributed by atoms with E-state index in [1.54, 1.807) is 0 Å². The Morgan fingerprint density at radius 2 is 1.45 bits per heavy atom. The summed E-state index contributed by atoms with van der Waals surface area (Å²) >= 11 is 5.90. The van der Waals surface area contributed by atoms with Crippen molar-refractivity contribution in [3.05, 3.63) is 101 Å². The van der Waals surface area contributed by atoms with Gasteiger partial charge in [0.25, 0.3) is 0 Å². The molecule has 0 unspecified atom stereocenters. The minimum Gasteiger partial charge on any atom is -0.350 e. The Hall–Kier alpha value is -2.32. The Morgan fingerprint density at radius 1 is 0.773 bits per heavy atom. The largest absolute Gasteiger partial charge is 0.350 e. The molecule has 0 atom stereocenters. The number of benzene rings is 2. The van der Waals surface area contributed by atoms with Gasteiger partial charge in [-0.2, -0.15) is 0 Å².